The summed E-state index contributed by atoms with van der Waals surface area (Å²) in [5, 5.41) is 3.43. The summed E-state index contributed by atoms with van der Waals surface area (Å²) in [4.78, 5) is 4.40. The molecule has 0 unspecified atom stereocenters. The third-order valence-electron chi connectivity index (χ3n) is 3.22. The van der Waals surface area contributed by atoms with Gasteiger partial charge >= 0.3 is 0 Å². The predicted octanol–water partition coefficient (Wildman–Crippen LogP) is 2.77. The van der Waals surface area contributed by atoms with Crippen molar-refractivity contribution in [2.24, 2.45) is 11.7 Å². The van der Waals surface area contributed by atoms with E-state index in [0.717, 1.165) is 18.4 Å². The van der Waals surface area contributed by atoms with Crippen LogP contribution in [0.3, 0.4) is 0 Å². The van der Waals surface area contributed by atoms with E-state index in [1.54, 1.807) is 0 Å². The minimum absolute atomic E-state index is 0.740. The normalized spacial score (nSPS) is 27.8. The molecule has 1 heterocycles. The predicted molar refractivity (Wildman–Crippen MR) is 60.5 cm³/mol. The number of nitrogens with two attached hydrogens (primary N) is 1. The fourth-order valence-corrected chi connectivity index (χ4v) is 3.18. The largest absolute Gasteiger partial charge is 0.330 e. The van der Waals surface area contributed by atoms with Crippen LogP contribution in [0.25, 0.3) is 0 Å². The maximum atomic E-state index is 5.58. The number of thiazole rings is 1. The second kappa shape index (κ2) is 4.89. The molecule has 2 rings (SSSR count). The van der Waals surface area contributed by atoms with Crippen molar-refractivity contribution in [3.05, 3.63) is 16.6 Å². The van der Waals surface area contributed by atoms with E-state index in [9.17, 15) is 0 Å². The Balaban J connectivity index is 1.84. The van der Waals surface area contributed by atoms with Crippen LogP contribution in [-0.4, -0.2) is 11.5 Å². The summed E-state index contributed by atoms with van der Waals surface area (Å²) in [5.74, 6) is 1.63. The van der Waals surface area contributed by atoms with Gasteiger partial charge in [0.25, 0.3) is 0 Å². The first-order valence-corrected chi connectivity index (χ1v) is 6.37. The molecule has 1 aromatic heterocycles. The van der Waals surface area contributed by atoms with E-state index in [4.69, 9.17) is 5.73 Å². The van der Waals surface area contributed by atoms with Crippen LogP contribution in [0.4, 0.5) is 0 Å². The van der Waals surface area contributed by atoms with Gasteiger partial charge in [0.1, 0.15) is 0 Å². The second-order valence-corrected chi connectivity index (χ2v) is 5.09. The average Bonchev–Trinajstić information content (AvgIpc) is 2.72. The van der Waals surface area contributed by atoms with Crippen LogP contribution in [0.1, 0.15) is 43.0 Å². The average molecular weight is 210 g/mol. The molecule has 0 radical (unpaired) electrons. The Bertz CT molecular complexity index is 250. The van der Waals surface area contributed by atoms with Gasteiger partial charge in [-0.15, -0.1) is 11.3 Å². The molecule has 0 spiro atoms. The summed E-state index contributed by atoms with van der Waals surface area (Å²) < 4.78 is 0. The molecule has 1 saturated carbocycles. The Morgan fingerprint density at radius 3 is 2.71 bits per heavy atom. The van der Waals surface area contributed by atoms with E-state index in [1.807, 2.05) is 17.5 Å². The van der Waals surface area contributed by atoms with Gasteiger partial charge in [0.05, 0.1) is 5.01 Å². The number of hydrogen-bond donors (Lipinski definition) is 1. The number of hydrogen-bond acceptors (Lipinski definition) is 3. The van der Waals surface area contributed by atoms with Crippen molar-refractivity contribution in [3.63, 3.8) is 0 Å². The molecule has 14 heavy (non-hydrogen) atoms. The molecule has 0 bridgehead atoms. The summed E-state index contributed by atoms with van der Waals surface area (Å²) >= 11 is 1.81. The highest BCUT2D eigenvalue weighted by atomic mass is 32.1. The molecule has 0 atom stereocenters. The number of rotatable bonds is 3. The SMILES string of the molecule is NCCC1CCC(c2nccs2)CC1. The molecular weight excluding hydrogens is 192 g/mol. The van der Waals surface area contributed by atoms with E-state index < -0.39 is 0 Å². The lowest BCUT2D eigenvalue weighted by Crippen LogP contribution is -2.16. The molecule has 0 saturated heterocycles. The van der Waals surface area contributed by atoms with E-state index in [2.05, 4.69) is 10.4 Å². The smallest absolute Gasteiger partial charge is 0.0955 e. The van der Waals surface area contributed by atoms with Crippen LogP contribution in [-0.2, 0) is 0 Å². The highest BCUT2D eigenvalue weighted by Crippen LogP contribution is 2.37. The van der Waals surface area contributed by atoms with Gasteiger partial charge < -0.3 is 5.73 Å². The minimum atomic E-state index is 0.740. The lowest BCUT2D eigenvalue weighted by atomic mass is 9.81. The van der Waals surface area contributed by atoms with Crippen molar-refractivity contribution >= 4 is 11.3 Å². The second-order valence-electron chi connectivity index (χ2n) is 4.17. The first-order chi connectivity index (χ1) is 6.90. The zero-order valence-electron chi connectivity index (χ0n) is 8.48. The van der Waals surface area contributed by atoms with Crippen molar-refractivity contribution in [2.75, 3.05) is 6.54 Å². The standard InChI is InChI=1S/C11H18N2S/c12-6-5-9-1-3-10(4-2-9)11-13-7-8-14-11/h7-10H,1-6,12H2. The van der Waals surface area contributed by atoms with Crippen LogP contribution >= 0.6 is 11.3 Å². The van der Waals surface area contributed by atoms with E-state index in [0.29, 0.717) is 0 Å². The summed E-state index contributed by atoms with van der Waals surface area (Å²) in [7, 11) is 0. The lowest BCUT2D eigenvalue weighted by molar-refractivity contribution is 0.313. The van der Waals surface area contributed by atoms with Gasteiger partial charge in [-0.2, -0.15) is 0 Å². The van der Waals surface area contributed by atoms with Crippen LogP contribution in [0, 0.1) is 5.92 Å². The quantitative estimate of drug-likeness (QED) is 0.833. The fourth-order valence-electron chi connectivity index (χ4n) is 2.37. The Morgan fingerprint density at radius 2 is 2.14 bits per heavy atom. The first-order valence-electron chi connectivity index (χ1n) is 5.49. The Labute approximate surface area is 89.5 Å². The number of aromatic nitrogens is 1. The Kier molecular flexibility index (Phi) is 3.54. The van der Waals surface area contributed by atoms with Gasteiger partial charge in [0.15, 0.2) is 0 Å². The van der Waals surface area contributed by atoms with Gasteiger partial charge in [-0.05, 0) is 44.6 Å². The Hall–Kier alpha value is -0.410. The molecule has 2 nitrogen and oxygen atoms in total. The zero-order valence-corrected chi connectivity index (χ0v) is 9.30. The zero-order chi connectivity index (χ0) is 9.80. The third kappa shape index (κ3) is 2.34. The molecule has 1 fully saturated rings. The van der Waals surface area contributed by atoms with Gasteiger partial charge in [-0.1, -0.05) is 0 Å². The highest BCUT2D eigenvalue weighted by molar-refractivity contribution is 7.09. The molecule has 2 N–H and O–H groups in total. The van der Waals surface area contributed by atoms with Crippen molar-refractivity contribution in [3.8, 4) is 0 Å². The topological polar surface area (TPSA) is 38.9 Å². The first kappa shape index (κ1) is 10.1. The molecule has 0 aromatic carbocycles. The van der Waals surface area contributed by atoms with E-state index >= 15 is 0 Å². The molecule has 1 aromatic rings. The Morgan fingerprint density at radius 1 is 1.36 bits per heavy atom. The van der Waals surface area contributed by atoms with E-state index in [1.165, 1.54) is 37.1 Å². The highest BCUT2D eigenvalue weighted by Gasteiger charge is 2.23. The van der Waals surface area contributed by atoms with E-state index in [-0.39, 0.29) is 0 Å². The van der Waals surface area contributed by atoms with Crippen molar-refractivity contribution in [1.82, 2.24) is 4.98 Å². The number of nitrogens with zero attached hydrogens (tertiary/aromatic N) is 1. The molecule has 1 aliphatic rings. The van der Waals surface area contributed by atoms with Crippen molar-refractivity contribution in [2.45, 2.75) is 38.0 Å². The third-order valence-corrected chi connectivity index (χ3v) is 4.16. The fraction of sp³-hybridized carbons (Fsp3) is 0.727. The molecule has 1 aliphatic carbocycles. The molecule has 78 valence electrons. The minimum Gasteiger partial charge on any atom is -0.330 e. The molecule has 0 amide bonds. The molecular formula is C11H18N2S. The van der Waals surface area contributed by atoms with Gasteiger partial charge in [0, 0.05) is 17.5 Å². The monoisotopic (exact) mass is 210 g/mol. The van der Waals surface area contributed by atoms with Crippen LogP contribution in [0.2, 0.25) is 0 Å². The molecule has 3 heteroatoms. The van der Waals surface area contributed by atoms with Gasteiger partial charge in [-0.3, -0.25) is 0 Å². The summed E-state index contributed by atoms with van der Waals surface area (Å²) in [6, 6.07) is 0. The maximum absolute atomic E-state index is 5.58. The van der Waals surface area contributed by atoms with Gasteiger partial charge in [-0.25, -0.2) is 4.98 Å². The van der Waals surface area contributed by atoms with Crippen molar-refractivity contribution < 1.29 is 0 Å². The van der Waals surface area contributed by atoms with Gasteiger partial charge in [0.2, 0.25) is 0 Å². The summed E-state index contributed by atoms with van der Waals surface area (Å²) in [6.45, 7) is 0.854. The maximum Gasteiger partial charge on any atom is 0.0955 e. The van der Waals surface area contributed by atoms with Crippen LogP contribution in [0.5, 0.6) is 0 Å². The molecule has 0 aliphatic heterocycles. The summed E-state index contributed by atoms with van der Waals surface area (Å²) in [5.41, 5.74) is 5.58. The summed E-state index contributed by atoms with van der Waals surface area (Å²) in [6.07, 6.45) is 8.47. The van der Waals surface area contributed by atoms with Crippen LogP contribution in [0.15, 0.2) is 11.6 Å². The lowest BCUT2D eigenvalue weighted by Gasteiger charge is -2.26. The van der Waals surface area contributed by atoms with Crippen molar-refractivity contribution in [1.29, 1.82) is 0 Å². The van der Waals surface area contributed by atoms with Crippen LogP contribution < -0.4 is 5.73 Å².